The van der Waals surface area contributed by atoms with E-state index in [0.29, 0.717) is 0 Å². The molecule has 1 heterocycles. The van der Waals surface area contributed by atoms with E-state index >= 15 is 0 Å². The lowest BCUT2D eigenvalue weighted by atomic mass is 10.1. The van der Waals surface area contributed by atoms with Gasteiger partial charge in [0, 0.05) is 17.1 Å². The van der Waals surface area contributed by atoms with Crippen LogP contribution in [0.2, 0.25) is 0 Å². The Bertz CT molecular complexity index is 461. The molecule has 3 rings (SSSR count). The molecule has 1 aromatic heterocycles. The van der Waals surface area contributed by atoms with Gasteiger partial charge in [-0.3, -0.25) is 0 Å². The molecule has 0 amide bonds. The van der Waals surface area contributed by atoms with Gasteiger partial charge in [0.2, 0.25) is 0 Å². The van der Waals surface area contributed by atoms with Gasteiger partial charge in [-0.1, -0.05) is 32.0 Å². The van der Waals surface area contributed by atoms with E-state index in [1.807, 2.05) is 0 Å². The molecule has 2 aromatic rings. The van der Waals surface area contributed by atoms with Gasteiger partial charge in [-0.15, -0.1) is 0 Å². The van der Waals surface area contributed by atoms with E-state index in [4.69, 9.17) is 0 Å². The number of aromatic nitrogens is 1. The van der Waals surface area contributed by atoms with Gasteiger partial charge in [-0.25, -0.2) is 0 Å². The molecule has 14 heavy (non-hydrogen) atoms. The van der Waals surface area contributed by atoms with E-state index in [-0.39, 0.29) is 0 Å². The van der Waals surface area contributed by atoms with Crippen LogP contribution in [0.4, 0.5) is 0 Å². The highest BCUT2D eigenvalue weighted by Crippen LogP contribution is 2.54. The van der Waals surface area contributed by atoms with E-state index < -0.39 is 0 Å². The molecular weight excluding hydrogens is 170 g/mol. The smallest absolute Gasteiger partial charge is 0.0456 e. The lowest BCUT2D eigenvalue weighted by Crippen LogP contribution is -1.78. The van der Waals surface area contributed by atoms with Crippen molar-refractivity contribution in [3.05, 3.63) is 36.0 Å². The van der Waals surface area contributed by atoms with Gasteiger partial charge in [0.15, 0.2) is 0 Å². The minimum Gasteiger partial charge on any atom is -0.361 e. The molecule has 72 valence electrons. The number of benzene rings is 1. The number of aromatic amines is 1. The highest BCUT2D eigenvalue weighted by Gasteiger charge is 2.44. The minimum atomic E-state index is 0.783. The van der Waals surface area contributed by atoms with Crippen molar-refractivity contribution >= 4 is 10.9 Å². The first-order chi connectivity index (χ1) is 6.79. The van der Waals surface area contributed by atoms with Crippen LogP contribution < -0.4 is 0 Å². The molecule has 0 radical (unpaired) electrons. The summed E-state index contributed by atoms with van der Waals surface area (Å²) in [5.74, 6) is 2.49. The molecule has 0 saturated heterocycles. The van der Waals surface area contributed by atoms with Crippen LogP contribution in [-0.4, -0.2) is 4.98 Å². The second-order valence-corrected chi connectivity index (χ2v) is 4.53. The number of hydrogen-bond acceptors (Lipinski definition) is 0. The van der Waals surface area contributed by atoms with E-state index in [1.54, 1.807) is 0 Å². The Labute approximate surface area is 84.1 Å². The summed E-state index contributed by atoms with van der Waals surface area (Å²) in [6, 6.07) is 8.58. The van der Waals surface area contributed by atoms with Gasteiger partial charge in [-0.05, 0) is 29.4 Å². The summed E-state index contributed by atoms with van der Waals surface area (Å²) in [6.45, 7) is 4.69. The third kappa shape index (κ3) is 0.955. The average molecular weight is 185 g/mol. The van der Waals surface area contributed by atoms with Gasteiger partial charge in [0.25, 0.3) is 0 Å². The summed E-state index contributed by atoms with van der Waals surface area (Å²) in [7, 11) is 0. The van der Waals surface area contributed by atoms with Crippen molar-refractivity contribution in [2.75, 3.05) is 0 Å². The topological polar surface area (TPSA) is 15.8 Å². The molecule has 1 N–H and O–H groups in total. The second kappa shape index (κ2) is 2.63. The summed E-state index contributed by atoms with van der Waals surface area (Å²) in [5.41, 5.74) is 2.79. The fourth-order valence-electron chi connectivity index (χ4n) is 2.60. The number of fused-ring (bicyclic) bond motifs is 1. The normalized spacial score (nSPS) is 30.9. The Balaban J connectivity index is 2.14. The molecule has 0 bridgehead atoms. The van der Waals surface area contributed by atoms with Crippen molar-refractivity contribution in [2.24, 2.45) is 11.8 Å². The van der Waals surface area contributed by atoms with Crippen LogP contribution in [0, 0.1) is 11.8 Å². The van der Waals surface area contributed by atoms with Crippen LogP contribution in [0.3, 0.4) is 0 Å². The Morgan fingerprint density at radius 1 is 1.07 bits per heavy atom. The molecule has 0 aliphatic heterocycles. The molecule has 1 saturated carbocycles. The van der Waals surface area contributed by atoms with Gasteiger partial charge in [0.1, 0.15) is 0 Å². The highest BCUT2D eigenvalue weighted by molar-refractivity contribution is 5.84. The van der Waals surface area contributed by atoms with Gasteiger partial charge >= 0.3 is 0 Å². The minimum absolute atomic E-state index is 0.783. The van der Waals surface area contributed by atoms with Crippen LogP contribution in [-0.2, 0) is 0 Å². The first kappa shape index (κ1) is 8.10. The Morgan fingerprint density at radius 3 is 2.50 bits per heavy atom. The van der Waals surface area contributed by atoms with E-state index in [9.17, 15) is 0 Å². The average Bonchev–Trinajstić information content (AvgIpc) is 2.67. The molecular formula is C13H15N. The summed E-state index contributed by atoms with van der Waals surface area (Å²) in [4.78, 5) is 3.35. The van der Waals surface area contributed by atoms with E-state index in [0.717, 1.165) is 17.8 Å². The molecule has 0 spiro atoms. The predicted molar refractivity (Wildman–Crippen MR) is 59.4 cm³/mol. The summed E-state index contributed by atoms with van der Waals surface area (Å²) < 4.78 is 0. The molecule has 1 aliphatic rings. The SMILES string of the molecule is CC1C(c2c[nH]c3ccccc23)[C@@H]1C. The predicted octanol–water partition coefficient (Wildman–Crippen LogP) is 3.54. The van der Waals surface area contributed by atoms with Crippen LogP contribution >= 0.6 is 0 Å². The highest BCUT2D eigenvalue weighted by atomic mass is 14.7. The standard InChI is InChI=1S/C13H15N/c1-8-9(2)13(8)11-7-14-12-6-4-3-5-10(11)12/h3-9,13-14H,1-2H3/t8-,9?,13?/m1/s1. The molecule has 3 atom stereocenters. The Kier molecular flexibility index (Phi) is 1.52. The van der Waals surface area contributed by atoms with Gasteiger partial charge in [-0.2, -0.15) is 0 Å². The first-order valence-electron chi connectivity index (χ1n) is 5.35. The van der Waals surface area contributed by atoms with Crippen LogP contribution in [0.15, 0.2) is 30.5 Å². The lowest BCUT2D eigenvalue weighted by Gasteiger charge is -1.95. The van der Waals surface area contributed by atoms with Crippen molar-refractivity contribution in [3.63, 3.8) is 0 Å². The monoisotopic (exact) mass is 185 g/mol. The Morgan fingerprint density at radius 2 is 1.79 bits per heavy atom. The summed E-state index contributed by atoms with van der Waals surface area (Å²) in [6.07, 6.45) is 2.19. The zero-order valence-electron chi connectivity index (χ0n) is 8.62. The van der Waals surface area contributed by atoms with E-state index in [1.165, 1.54) is 16.5 Å². The molecule has 2 unspecified atom stereocenters. The van der Waals surface area contributed by atoms with Crippen LogP contribution in [0.25, 0.3) is 10.9 Å². The van der Waals surface area contributed by atoms with Crippen molar-refractivity contribution in [3.8, 4) is 0 Å². The maximum Gasteiger partial charge on any atom is 0.0456 e. The summed E-state index contributed by atoms with van der Waals surface area (Å²) >= 11 is 0. The number of rotatable bonds is 1. The Hall–Kier alpha value is -1.24. The van der Waals surface area contributed by atoms with Crippen molar-refractivity contribution in [1.29, 1.82) is 0 Å². The fraction of sp³-hybridized carbons (Fsp3) is 0.385. The molecule has 1 nitrogen and oxygen atoms in total. The number of H-pyrrole nitrogens is 1. The first-order valence-corrected chi connectivity index (χ1v) is 5.35. The number of nitrogens with one attached hydrogen (secondary N) is 1. The van der Waals surface area contributed by atoms with Crippen molar-refractivity contribution in [2.45, 2.75) is 19.8 Å². The maximum atomic E-state index is 3.35. The summed E-state index contributed by atoms with van der Waals surface area (Å²) in [5, 5.41) is 1.41. The molecule has 1 heteroatoms. The number of hydrogen-bond donors (Lipinski definition) is 1. The molecule has 1 fully saturated rings. The lowest BCUT2D eigenvalue weighted by molar-refractivity contribution is 0.834. The maximum absolute atomic E-state index is 3.35. The largest absolute Gasteiger partial charge is 0.361 e. The van der Waals surface area contributed by atoms with Crippen molar-refractivity contribution < 1.29 is 0 Å². The molecule has 1 aliphatic carbocycles. The van der Waals surface area contributed by atoms with Crippen LogP contribution in [0.5, 0.6) is 0 Å². The zero-order valence-corrected chi connectivity index (χ0v) is 8.62. The van der Waals surface area contributed by atoms with Gasteiger partial charge in [0.05, 0.1) is 0 Å². The third-order valence-corrected chi connectivity index (χ3v) is 3.80. The third-order valence-electron chi connectivity index (χ3n) is 3.80. The van der Waals surface area contributed by atoms with Crippen molar-refractivity contribution in [1.82, 2.24) is 4.98 Å². The fourth-order valence-corrected chi connectivity index (χ4v) is 2.60. The van der Waals surface area contributed by atoms with Crippen LogP contribution in [0.1, 0.15) is 25.3 Å². The quantitative estimate of drug-likeness (QED) is 0.699. The van der Waals surface area contributed by atoms with E-state index in [2.05, 4.69) is 49.3 Å². The zero-order chi connectivity index (χ0) is 9.71. The second-order valence-electron chi connectivity index (χ2n) is 4.53. The van der Waals surface area contributed by atoms with Gasteiger partial charge < -0.3 is 4.98 Å². The molecule has 1 aromatic carbocycles. The number of para-hydroxylation sites is 1.